The number of nitrogens with zero attached hydrogens (tertiary/aromatic N) is 2. The van der Waals surface area contributed by atoms with Crippen LogP contribution in [0.25, 0.3) is 21.8 Å². The van der Waals surface area contributed by atoms with Crippen LogP contribution in [0, 0.1) is 0 Å². The number of carbonyl (C=O) groups excluding carboxylic acids is 2. The quantitative estimate of drug-likeness (QED) is 0.242. The number of nitrogens with one attached hydrogen (secondary N) is 3. The molecule has 10 nitrogen and oxygen atoms in total. The Morgan fingerprint density at radius 1 is 0.861 bits per heavy atom. The Kier molecular flexibility index (Phi) is 7.84. The lowest BCUT2D eigenvalue weighted by atomic mass is 10.1. The van der Waals surface area contributed by atoms with Crippen molar-refractivity contribution in [3.63, 3.8) is 0 Å². The van der Waals surface area contributed by atoms with Crippen molar-refractivity contribution >= 4 is 49.5 Å². The zero-order valence-electron chi connectivity index (χ0n) is 19.3. The highest BCUT2D eigenvalue weighted by molar-refractivity contribution is 7.87. The zero-order chi connectivity index (χ0) is 25.5. The largest absolute Gasteiger partial charge is 0.340 e. The smallest absolute Gasteiger partial charge is 0.274 e. The van der Waals surface area contributed by atoms with E-state index in [9.17, 15) is 18.0 Å². The molecule has 1 unspecified atom stereocenters. The third kappa shape index (κ3) is 6.39. The lowest BCUT2D eigenvalue weighted by molar-refractivity contribution is -0.118. The highest BCUT2D eigenvalue weighted by atomic mass is 32.2. The molecular formula is C25H26N6O4S. The molecular weight excluding hydrogens is 480 g/mol. The summed E-state index contributed by atoms with van der Waals surface area (Å²) in [5.74, 6) is -0.840. The van der Waals surface area contributed by atoms with Gasteiger partial charge in [0.15, 0.2) is 0 Å². The van der Waals surface area contributed by atoms with Gasteiger partial charge in [-0.15, -0.1) is 0 Å². The van der Waals surface area contributed by atoms with Crippen LogP contribution in [0.4, 0.5) is 5.69 Å². The second-order valence-corrected chi connectivity index (χ2v) is 9.59. The topological polar surface area (TPSA) is 156 Å². The average Bonchev–Trinajstić information content (AvgIpc) is 2.87. The maximum absolute atomic E-state index is 13.3. The van der Waals surface area contributed by atoms with Crippen LogP contribution in [0.2, 0.25) is 0 Å². The predicted molar refractivity (Wildman–Crippen MR) is 138 cm³/mol. The Hall–Kier alpha value is -3.93. The molecule has 0 bridgehead atoms. The van der Waals surface area contributed by atoms with Gasteiger partial charge in [0.1, 0.15) is 6.04 Å². The number of aromatic nitrogens is 2. The number of hydrogen-bond donors (Lipinski definition) is 4. The van der Waals surface area contributed by atoms with E-state index >= 15 is 0 Å². The predicted octanol–water partition coefficient (Wildman–Crippen LogP) is 2.48. The van der Waals surface area contributed by atoms with Gasteiger partial charge in [-0.3, -0.25) is 19.6 Å². The summed E-state index contributed by atoms with van der Waals surface area (Å²) in [6.45, 7) is 0.127. The Morgan fingerprint density at radius 3 is 2.22 bits per heavy atom. The van der Waals surface area contributed by atoms with Gasteiger partial charge in [0.2, 0.25) is 5.91 Å². The minimum absolute atomic E-state index is 0.127. The summed E-state index contributed by atoms with van der Waals surface area (Å²) in [6, 6.07) is 17.2. The summed E-state index contributed by atoms with van der Waals surface area (Å²) in [6.07, 6.45) is 4.42. The number of benzene rings is 2. The summed E-state index contributed by atoms with van der Waals surface area (Å²) in [4.78, 5) is 35.2. The molecule has 0 saturated carbocycles. The number of amides is 2. The van der Waals surface area contributed by atoms with Crippen molar-refractivity contribution < 1.29 is 18.0 Å². The molecule has 0 radical (unpaired) electrons. The zero-order valence-corrected chi connectivity index (χ0v) is 20.2. The highest BCUT2D eigenvalue weighted by Crippen LogP contribution is 2.21. The molecule has 2 amide bonds. The first-order chi connectivity index (χ1) is 17.3. The van der Waals surface area contributed by atoms with Gasteiger partial charge in [0, 0.05) is 29.7 Å². The molecule has 0 saturated heterocycles. The van der Waals surface area contributed by atoms with E-state index in [-0.39, 0.29) is 13.0 Å². The summed E-state index contributed by atoms with van der Waals surface area (Å²) in [7, 11) is -3.79. The fourth-order valence-corrected chi connectivity index (χ4v) is 4.33. The van der Waals surface area contributed by atoms with E-state index in [0.717, 1.165) is 10.8 Å². The molecule has 4 aromatic rings. The van der Waals surface area contributed by atoms with Crippen LogP contribution in [-0.4, -0.2) is 42.8 Å². The van der Waals surface area contributed by atoms with Crippen molar-refractivity contribution in [3.05, 3.63) is 78.6 Å². The van der Waals surface area contributed by atoms with Crippen LogP contribution in [0.15, 0.2) is 73.1 Å². The SMILES string of the molecule is NS(=O)(=O)NCCCCC(NC(=O)c1cccc2cccnc12)C(=O)Nc1cccc2cccnc12. The first kappa shape index (κ1) is 25.2. The number of carbonyl (C=O) groups is 2. The van der Waals surface area contributed by atoms with Crippen molar-refractivity contribution in [2.24, 2.45) is 5.14 Å². The number of anilines is 1. The third-order valence-corrected chi connectivity index (χ3v) is 6.22. The van der Waals surface area contributed by atoms with E-state index in [1.807, 2.05) is 36.4 Å². The van der Waals surface area contributed by atoms with E-state index in [0.29, 0.717) is 35.1 Å². The summed E-state index contributed by atoms with van der Waals surface area (Å²) in [5, 5.41) is 12.3. The molecule has 5 N–H and O–H groups in total. The first-order valence-corrected chi connectivity index (χ1v) is 12.9. The van der Waals surface area contributed by atoms with Crippen LogP contribution in [-0.2, 0) is 15.0 Å². The number of para-hydroxylation sites is 2. The van der Waals surface area contributed by atoms with E-state index in [2.05, 4.69) is 25.3 Å². The molecule has 0 aliphatic heterocycles. The standard InChI is InChI=1S/C25H26N6O4S/c26-36(34,35)29-16-2-1-12-21(25(33)30-20-13-4-8-18-10-6-15-28-23(18)20)31-24(32)19-11-3-7-17-9-5-14-27-22(17)19/h3-11,13-15,21,29H,1-2,12,16H2,(H,30,33)(H,31,32)(H2,26,34,35). The number of hydrogen-bond acceptors (Lipinski definition) is 6. The van der Waals surface area contributed by atoms with Gasteiger partial charge in [-0.1, -0.05) is 36.4 Å². The lowest BCUT2D eigenvalue weighted by Crippen LogP contribution is -2.44. The second-order valence-electron chi connectivity index (χ2n) is 8.21. The number of fused-ring (bicyclic) bond motifs is 2. The minimum atomic E-state index is -3.79. The second kappa shape index (κ2) is 11.2. The van der Waals surface area contributed by atoms with Crippen molar-refractivity contribution in [3.8, 4) is 0 Å². The summed E-state index contributed by atoms with van der Waals surface area (Å²) in [5.41, 5.74) is 2.05. The lowest BCUT2D eigenvalue weighted by Gasteiger charge is -2.19. The molecule has 11 heteroatoms. The molecule has 36 heavy (non-hydrogen) atoms. The molecule has 2 heterocycles. The first-order valence-electron chi connectivity index (χ1n) is 11.4. The molecule has 2 aromatic carbocycles. The highest BCUT2D eigenvalue weighted by Gasteiger charge is 2.23. The average molecular weight is 507 g/mol. The maximum Gasteiger partial charge on any atom is 0.274 e. The van der Waals surface area contributed by atoms with Gasteiger partial charge >= 0.3 is 0 Å². The minimum Gasteiger partial charge on any atom is -0.340 e. The number of nitrogens with two attached hydrogens (primary N) is 1. The Bertz CT molecular complexity index is 1500. The fourth-order valence-electron chi connectivity index (χ4n) is 3.91. The van der Waals surface area contributed by atoms with Crippen molar-refractivity contribution in [1.29, 1.82) is 0 Å². The van der Waals surface area contributed by atoms with Crippen molar-refractivity contribution in [2.45, 2.75) is 25.3 Å². The van der Waals surface area contributed by atoms with E-state index in [1.54, 1.807) is 36.7 Å². The number of unbranched alkanes of at least 4 members (excludes halogenated alkanes) is 1. The normalized spacial score (nSPS) is 12.4. The third-order valence-electron chi connectivity index (χ3n) is 5.61. The molecule has 0 spiro atoms. The molecule has 0 aliphatic carbocycles. The van der Waals surface area contributed by atoms with Gasteiger partial charge in [-0.25, -0.2) is 9.86 Å². The van der Waals surface area contributed by atoms with E-state index < -0.39 is 28.1 Å². The summed E-state index contributed by atoms with van der Waals surface area (Å²) < 4.78 is 24.4. The number of rotatable bonds is 10. The van der Waals surface area contributed by atoms with Gasteiger partial charge < -0.3 is 10.6 Å². The monoisotopic (exact) mass is 506 g/mol. The molecule has 4 rings (SSSR count). The van der Waals surface area contributed by atoms with E-state index in [1.165, 1.54) is 0 Å². The van der Waals surface area contributed by atoms with Crippen LogP contribution in [0.5, 0.6) is 0 Å². The Balaban J connectivity index is 1.53. The Morgan fingerprint density at radius 2 is 1.50 bits per heavy atom. The summed E-state index contributed by atoms with van der Waals surface area (Å²) >= 11 is 0. The molecule has 2 aromatic heterocycles. The van der Waals surface area contributed by atoms with Crippen LogP contribution in [0.1, 0.15) is 29.6 Å². The van der Waals surface area contributed by atoms with Crippen molar-refractivity contribution in [1.82, 2.24) is 20.0 Å². The van der Waals surface area contributed by atoms with Gasteiger partial charge in [0.05, 0.1) is 22.3 Å². The van der Waals surface area contributed by atoms with Gasteiger partial charge in [0.25, 0.3) is 16.1 Å². The fraction of sp³-hybridized carbons (Fsp3) is 0.200. The van der Waals surface area contributed by atoms with Crippen LogP contribution < -0.4 is 20.5 Å². The van der Waals surface area contributed by atoms with E-state index in [4.69, 9.17) is 5.14 Å². The van der Waals surface area contributed by atoms with Crippen LogP contribution in [0.3, 0.4) is 0 Å². The van der Waals surface area contributed by atoms with Gasteiger partial charge in [-0.05, 0) is 43.5 Å². The maximum atomic E-state index is 13.3. The molecule has 186 valence electrons. The Labute approximate surface area is 208 Å². The van der Waals surface area contributed by atoms with Gasteiger partial charge in [-0.2, -0.15) is 8.42 Å². The molecule has 0 fully saturated rings. The van der Waals surface area contributed by atoms with Crippen LogP contribution >= 0.6 is 0 Å². The number of pyridine rings is 2. The molecule has 1 atom stereocenters. The van der Waals surface area contributed by atoms with Crippen molar-refractivity contribution in [2.75, 3.05) is 11.9 Å². The molecule has 0 aliphatic rings.